The van der Waals surface area contributed by atoms with Crippen LogP contribution in [0.1, 0.15) is 27.8 Å². The molecule has 2 N–H and O–H groups in total. The maximum absolute atomic E-state index is 13.6. The lowest BCUT2D eigenvalue weighted by atomic mass is 10.1. The van der Waals surface area contributed by atoms with Gasteiger partial charge in [-0.25, -0.2) is 12.8 Å². The Morgan fingerprint density at radius 1 is 1.04 bits per heavy atom. The second-order valence-electron chi connectivity index (χ2n) is 7.08. The van der Waals surface area contributed by atoms with Gasteiger partial charge in [0.1, 0.15) is 5.82 Å². The van der Waals surface area contributed by atoms with Crippen LogP contribution in [-0.4, -0.2) is 34.2 Å². The van der Waals surface area contributed by atoms with Gasteiger partial charge in [-0.15, -0.1) is 0 Å². The average molecular weight is 406 g/mol. The number of nitrogens with one attached hydrogen (secondary N) is 2. The van der Waals surface area contributed by atoms with E-state index in [4.69, 9.17) is 0 Å². The Morgan fingerprint density at radius 3 is 2.32 bits per heavy atom. The molecular formula is C21H28FN3O2S. The predicted octanol–water partition coefficient (Wildman–Crippen LogP) is 2.89. The number of guanidine groups is 1. The van der Waals surface area contributed by atoms with E-state index in [1.54, 1.807) is 7.05 Å². The Morgan fingerprint density at radius 2 is 1.71 bits per heavy atom. The standard InChI is InChI=1S/C21H28FN3O2S/c1-15-9-16(2)11-17(10-15)7-8-24-21(23-3)25-13-19-12-20(22)6-5-18(19)14-28(4,26)27/h5-6,9-12H,7-8,13-14H2,1-4H3,(H2,23,24,25). The normalized spacial score (nSPS) is 12.1. The molecule has 0 saturated heterocycles. The van der Waals surface area contributed by atoms with Gasteiger partial charge < -0.3 is 10.6 Å². The fourth-order valence-electron chi connectivity index (χ4n) is 3.12. The Balaban J connectivity index is 1.96. The molecule has 0 radical (unpaired) electrons. The van der Waals surface area contributed by atoms with Crippen LogP contribution in [0.3, 0.4) is 0 Å². The smallest absolute Gasteiger partial charge is 0.191 e. The maximum Gasteiger partial charge on any atom is 0.191 e. The van der Waals surface area contributed by atoms with Crippen molar-refractivity contribution in [3.8, 4) is 0 Å². The molecule has 0 spiro atoms. The van der Waals surface area contributed by atoms with E-state index in [-0.39, 0.29) is 12.3 Å². The Kier molecular flexibility index (Phi) is 7.57. The minimum Gasteiger partial charge on any atom is -0.356 e. The van der Waals surface area contributed by atoms with E-state index in [0.717, 1.165) is 6.42 Å². The molecule has 0 aliphatic heterocycles. The largest absolute Gasteiger partial charge is 0.356 e. The second kappa shape index (κ2) is 9.68. The van der Waals surface area contributed by atoms with Crippen molar-refractivity contribution in [3.05, 3.63) is 70.0 Å². The highest BCUT2D eigenvalue weighted by molar-refractivity contribution is 7.89. The fourth-order valence-corrected chi connectivity index (χ4v) is 3.97. The van der Waals surface area contributed by atoms with Crippen LogP contribution in [0.4, 0.5) is 4.39 Å². The van der Waals surface area contributed by atoms with E-state index in [2.05, 4.69) is 47.7 Å². The zero-order valence-electron chi connectivity index (χ0n) is 16.8. The molecule has 0 heterocycles. The minimum absolute atomic E-state index is 0.122. The van der Waals surface area contributed by atoms with E-state index >= 15 is 0 Å². The first kappa shape index (κ1) is 21.9. The van der Waals surface area contributed by atoms with Crippen molar-refractivity contribution in [1.82, 2.24) is 10.6 Å². The summed E-state index contributed by atoms with van der Waals surface area (Å²) >= 11 is 0. The number of halogens is 1. The summed E-state index contributed by atoms with van der Waals surface area (Å²) in [4.78, 5) is 4.18. The highest BCUT2D eigenvalue weighted by Crippen LogP contribution is 2.14. The first-order chi connectivity index (χ1) is 13.2. The number of aliphatic imine (C=N–C) groups is 1. The Bertz CT molecular complexity index is 936. The molecule has 0 saturated carbocycles. The number of aryl methyl sites for hydroxylation is 2. The summed E-state index contributed by atoms with van der Waals surface area (Å²) in [7, 11) is -1.54. The minimum atomic E-state index is -3.20. The molecule has 5 nitrogen and oxygen atoms in total. The highest BCUT2D eigenvalue weighted by atomic mass is 32.2. The third-order valence-corrected chi connectivity index (χ3v) is 5.08. The number of rotatable bonds is 7. The number of sulfone groups is 1. The Labute approximate surface area is 167 Å². The van der Waals surface area contributed by atoms with E-state index in [9.17, 15) is 12.8 Å². The van der Waals surface area contributed by atoms with Crippen molar-refractivity contribution in [3.63, 3.8) is 0 Å². The molecule has 2 aromatic carbocycles. The molecule has 0 aliphatic rings. The monoisotopic (exact) mass is 405 g/mol. The topological polar surface area (TPSA) is 70.6 Å². The van der Waals surface area contributed by atoms with Crippen molar-refractivity contribution < 1.29 is 12.8 Å². The maximum atomic E-state index is 13.6. The zero-order valence-corrected chi connectivity index (χ0v) is 17.7. The molecule has 7 heteroatoms. The van der Waals surface area contributed by atoms with Crippen LogP contribution in [0.15, 0.2) is 41.4 Å². The molecular weight excluding hydrogens is 377 g/mol. The molecule has 0 bridgehead atoms. The SMILES string of the molecule is CN=C(NCCc1cc(C)cc(C)c1)NCc1cc(F)ccc1CS(C)(=O)=O. The summed E-state index contributed by atoms with van der Waals surface area (Å²) in [5, 5.41) is 6.36. The van der Waals surface area contributed by atoms with E-state index in [1.807, 2.05) is 0 Å². The summed E-state index contributed by atoms with van der Waals surface area (Å²) < 4.78 is 36.8. The Hall–Kier alpha value is -2.41. The first-order valence-corrected chi connectivity index (χ1v) is 11.2. The van der Waals surface area contributed by atoms with Gasteiger partial charge in [0.05, 0.1) is 5.75 Å². The lowest BCUT2D eigenvalue weighted by molar-refractivity contribution is 0.599. The van der Waals surface area contributed by atoms with Crippen LogP contribution in [0.5, 0.6) is 0 Å². The van der Waals surface area contributed by atoms with Crippen LogP contribution >= 0.6 is 0 Å². The number of hydrogen-bond donors (Lipinski definition) is 2. The summed E-state index contributed by atoms with van der Waals surface area (Å²) in [6, 6.07) is 10.6. The molecule has 2 aromatic rings. The van der Waals surface area contributed by atoms with Gasteiger partial charge in [0.25, 0.3) is 0 Å². The van der Waals surface area contributed by atoms with Gasteiger partial charge >= 0.3 is 0 Å². The number of benzene rings is 2. The van der Waals surface area contributed by atoms with Gasteiger partial charge in [0.15, 0.2) is 15.8 Å². The molecule has 28 heavy (non-hydrogen) atoms. The molecule has 0 fully saturated rings. The molecule has 2 rings (SSSR count). The quantitative estimate of drug-likeness (QED) is 0.549. The zero-order chi connectivity index (χ0) is 20.7. The third kappa shape index (κ3) is 7.31. The summed E-state index contributed by atoms with van der Waals surface area (Å²) in [5.74, 6) is 0.0639. The first-order valence-electron chi connectivity index (χ1n) is 9.13. The lowest BCUT2D eigenvalue weighted by Gasteiger charge is -2.14. The number of hydrogen-bond acceptors (Lipinski definition) is 3. The van der Waals surface area contributed by atoms with Gasteiger partial charge in [-0.2, -0.15) is 0 Å². The predicted molar refractivity (Wildman–Crippen MR) is 113 cm³/mol. The van der Waals surface area contributed by atoms with Crippen LogP contribution in [0, 0.1) is 19.7 Å². The van der Waals surface area contributed by atoms with Gasteiger partial charge in [0.2, 0.25) is 0 Å². The molecule has 0 atom stereocenters. The summed E-state index contributed by atoms with van der Waals surface area (Å²) in [5.41, 5.74) is 4.91. The second-order valence-corrected chi connectivity index (χ2v) is 9.22. The van der Waals surface area contributed by atoms with Crippen molar-refractivity contribution in [1.29, 1.82) is 0 Å². The molecule has 0 aliphatic carbocycles. The van der Waals surface area contributed by atoms with Crippen molar-refractivity contribution in [2.24, 2.45) is 4.99 Å². The summed E-state index contributed by atoms with van der Waals surface area (Å²) in [6.07, 6.45) is 2.02. The van der Waals surface area contributed by atoms with Gasteiger partial charge in [0, 0.05) is 26.4 Å². The number of nitrogens with zero attached hydrogens (tertiary/aromatic N) is 1. The molecule has 0 amide bonds. The van der Waals surface area contributed by atoms with Gasteiger partial charge in [-0.05, 0) is 49.1 Å². The highest BCUT2D eigenvalue weighted by Gasteiger charge is 2.11. The van der Waals surface area contributed by atoms with Crippen molar-refractivity contribution in [2.45, 2.75) is 32.6 Å². The molecule has 0 unspecified atom stereocenters. The van der Waals surface area contributed by atoms with E-state index < -0.39 is 15.7 Å². The van der Waals surface area contributed by atoms with Crippen molar-refractivity contribution in [2.75, 3.05) is 19.8 Å². The van der Waals surface area contributed by atoms with Crippen LogP contribution in [0.25, 0.3) is 0 Å². The fraction of sp³-hybridized carbons (Fsp3) is 0.381. The van der Waals surface area contributed by atoms with Crippen LogP contribution < -0.4 is 10.6 Å². The third-order valence-electron chi connectivity index (χ3n) is 4.24. The van der Waals surface area contributed by atoms with Gasteiger partial charge in [-0.1, -0.05) is 35.4 Å². The van der Waals surface area contributed by atoms with E-state index in [0.29, 0.717) is 23.6 Å². The van der Waals surface area contributed by atoms with Crippen molar-refractivity contribution >= 4 is 15.8 Å². The summed E-state index contributed by atoms with van der Waals surface area (Å²) in [6.45, 7) is 5.14. The van der Waals surface area contributed by atoms with Crippen LogP contribution in [-0.2, 0) is 28.6 Å². The molecule has 0 aromatic heterocycles. The lowest BCUT2D eigenvalue weighted by Crippen LogP contribution is -2.38. The van der Waals surface area contributed by atoms with Gasteiger partial charge in [-0.3, -0.25) is 4.99 Å². The van der Waals surface area contributed by atoms with E-state index in [1.165, 1.54) is 41.1 Å². The average Bonchev–Trinajstić information content (AvgIpc) is 2.58. The van der Waals surface area contributed by atoms with Crippen LogP contribution in [0.2, 0.25) is 0 Å². The molecule has 152 valence electrons.